The van der Waals surface area contributed by atoms with Crippen molar-refractivity contribution in [2.24, 2.45) is 17.2 Å². The van der Waals surface area contributed by atoms with Crippen LogP contribution >= 0.6 is 0 Å². The maximum absolute atomic E-state index is 13.2. The third kappa shape index (κ3) is 130. The summed E-state index contributed by atoms with van der Waals surface area (Å²) in [6.07, 6.45) is 11.7. The van der Waals surface area contributed by atoms with Crippen LogP contribution in [-0.4, -0.2) is 255 Å². The molecule has 9 atom stereocenters. The van der Waals surface area contributed by atoms with Crippen LogP contribution < -0.4 is 652 Å². The van der Waals surface area contributed by atoms with E-state index in [-0.39, 0.29) is 977 Å². The predicted molar refractivity (Wildman–Crippen MR) is 404 cm³/mol. The van der Waals surface area contributed by atoms with Gasteiger partial charge in [-0.3, -0.25) is 57.5 Å². The van der Waals surface area contributed by atoms with E-state index in [1.165, 1.54) is 22.2 Å². The van der Waals surface area contributed by atoms with Crippen LogP contribution in [0.2, 0.25) is 0 Å². The summed E-state index contributed by atoms with van der Waals surface area (Å²) in [4.78, 5) is 143. The zero-order chi connectivity index (χ0) is 78.0. The number of hydrogen-bond acceptors (Lipinski definition) is 16. The molecule has 0 aromatic heterocycles. The van der Waals surface area contributed by atoms with Gasteiger partial charge in [0.05, 0.1) is 0 Å². The standard InChI is InChI=1S/C21H40F4N8O4.2C21H40N8O4.12K.4W.4Y.H2.11H/c22-29-12-5-2-8-16(32-24)20(36)27-11-4-1-7-15(19(35)28-14-10-18(26)34)31-21(37)17(33-25)9-3-6-13-30-23;2*22-11-4-1-7-15(24)19(31)27-13-6-3-9-17(21(33)28-14-10-18(26)30)29-20(32)16(25)8-2-5-12-23;;;;;;;;;;;;;;;;;;;;;;;;;;;;;;;;/h15-17,29-30,32-33H,1-14H2,(H2,26,34)(H,27,36)(H,28,35)(H,31,37);2*15-17,22-25H,1-14H2,(H2,26,30)(H,27,31)(H,28,33)(H,29,32);;;;;;;;;;;;;;;;;;;;;1H;;;;;;;;;;;/q;2*-4;;11*+1;;;;;;;;;;11*-1/t3*15-,16-,17-;;;;;;;;;;;;;;;;;;;;;;;;;;;;;;;;/m000................................/s1. The molecular formula is C63H133F4K12N24O12W4Y4-8. The first-order chi connectivity index (χ1) is 49.2. The number of carbonyl (C=O) groups excluding carboxylic acids is 12. The van der Waals surface area contributed by atoms with Gasteiger partial charge in [-0.15, -0.1) is 29.0 Å². The molecule has 0 spiro atoms. The summed E-state index contributed by atoms with van der Waals surface area (Å²) in [5.41, 5.74) is 80.8. The molecule has 0 bridgehead atoms. The fourth-order valence-electron chi connectivity index (χ4n) is 9.31. The van der Waals surface area contributed by atoms with E-state index in [0.717, 1.165) is 0 Å². The monoisotopic (exact) mass is 3050 g/mol. The Hall–Kier alpha value is 19.7. The average Bonchev–Trinajstić information content (AvgIpc) is 0.904. The number of unbranched alkanes of at least 4 members (excludes halogenated alkanes) is 9. The fourth-order valence-corrected chi connectivity index (χ4v) is 9.31. The smallest absolute Gasteiger partial charge is 1.00 e. The average molecular weight is 3060 g/mol. The summed E-state index contributed by atoms with van der Waals surface area (Å²) in [5, 5.41) is 23.2. The molecule has 0 aromatic carbocycles. The number of nitrogens with one attached hydrogen (secondary N) is 21. The van der Waals surface area contributed by atoms with Gasteiger partial charge in [-0.2, -0.15) is 37.3 Å². The predicted octanol–water partition coefficient (Wildman–Crippen LogP) is -28.1. The van der Waals surface area contributed by atoms with E-state index in [9.17, 15) is 75.5 Å². The molecule has 0 aliphatic heterocycles. The van der Waals surface area contributed by atoms with Gasteiger partial charge in [-0.25, -0.2) is 0 Å². The van der Waals surface area contributed by atoms with Crippen molar-refractivity contribution >= 4 is 122 Å². The van der Waals surface area contributed by atoms with Crippen LogP contribution in [0.25, 0.3) is 45.9 Å². The minimum absolute atomic E-state index is 0. The molecule has 661 valence electrons. The first-order valence-electron chi connectivity index (χ1n) is 35.5. The van der Waals surface area contributed by atoms with Crippen LogP contribution in [0.4, 0.5) is 17.9 Å². The molecule has 12 amide bonds. The number of nitrogens with two attached hydrogens (primary N) is 3. The van der Waals surface area contributed by atoms with Gasteiger partial charge in [0, 0.05) is 340 Å². The Labute approximate surface area is 1410 Å². The molecule has 0 unspecified atom stereocenters. The van der Waals surface area contributed by atoms with Gasteiger partial charge < -0.3 is 127 Å². The van der Waals surface area contributed by atoms with Crippen molar-refractivity contribution in [1.29, 1.82) is 0 Å². The normalized spacial score (nSPS) is 11.3. The van der Waals surface area contributed by atoms with E-state index in [1.807, 2.05) is 0 Å². The summed E-state index contributed by atoms with van der Waals surface area (Å²) in [6, 6.07) is -8.89. The quantitative estimate of drug-likeness (QED) is 0.0116. The van der Waals surface area contributed by atoms with Crippen molar-refractivity contribution < 1.29 is 873 Å². The molecule has 0 saturated carbocycles. The minimum Gasteiger partial charge on any atom is -1.00 e. The Morgan fingerprint density at radius 2 is 0.439 bits per heavy atom. The summed E-state index contributed by atoms with van der Waals surface area (Å²) >= 11 is 0. The van der Waals surface area contributed by atoms with E-state index >= 15 is 0 Å². The molecule has 5 radical (unpaired) electrons. The first-order valence-corrected chi connectivity index (χ1v) is 35.5. The summed E-state index contributed by atoms with van der Waals surface area (Å²) in [5.74, 6) is -6.44. The second-order valence-corrected chi connectivity index (χ2v) is 24.3. The topological polar surface area (TPSA) is 630 Å². The Morgan fingerprint density at radius 3 is 0.659 bits per heavy atom. The number of amides is 12. The van der Waals surface area contributed by atoms with Crippen LogP contribution in [0.15, 0.2) is 0 Å². The van der Waals surface area contributed by atoms with Crippen molar-refractivity contribution in [3.8, 4) is 0 Å². The third-order valence-electron chi connectivity index (χ3n) is 15.4. The Kier molecular flexibility index (Phi) is 240. The summed E-state index contributed by atoms with van der Waals surface area (Å²) in [6.45, 7) is 2.11. The van der Waals surface area contributed by atoms with Gasteiger partial charge in [0.2, 0.25) is 70.9 Å². The second-order valence-electron chi connectivity index (χ2n) is 24.3. The third-order valence-corrected chi connectivity index (χ3v) is 15.4. The van der Waals surface area contributed by atoms with E-state index in [4.69, 9.17) is 63.1 Å². The molecular weight excluding hydrogens is 2920 g/mol. The second kappa shape index (κ2) is 148. The van der Waals surface area contributed by atoms with Crippen molar-refractivity contribution in [1.82, 2.24) is 70.0 Å². The number of primary amides is 3. The molecule has 0 aliphatic carbocycles. The molecule has 0 aliphatic rings. The SMILES string of the molecule is NC(=O)CCNC(=O)[C@H](CCCCNC(=O)[C@H](CCCCNF)NF)NC(=O)[C@H](CCCCNF)NF.[H-].[H-].[H-].[H-].[H-].[H-].[H-].[H-].[H-].[H-].[H-].[HH].[K+].[K+].[K+].[K+].[K+].[K+].[K+].[K+].[K+].[K+].[K+].[K].[NH-]CCCC[C@H]([NH-])C(=O)NCCCC[C@H](NC(=O)[C@@H]([NH-])CCCC[NH-])C(=O)NCCC(N)=O.[NH-]CCCC[C@H]([NH-])C(=O)NCCCC[C@H](NC(=O)[C@@H]([NH-])CCCC[NH-])C(=O)NCCC(N)=O.[W].[W].[W].[W].[Y].[Y].[Y].[Y]. The van der Waals surface area contributed by atoms with Gasteiger partial charge in [-0.05, 0) is 96.3 Å². The fraction of sp³-hybridized carbons (Fsp3) is 0.810. The molecule has 0 saturated heterocycles. The maximum atomic E-state index is 13.2. The molecule has 0 rings (SSSR count). The number of halogens is 4. The molecule has 0 heterocycles. The Morgan fingerprint density at radius 1 is 0.260 bits per heavy atom. The van der Waals surface area contributed by atoms with E-state index < -0.39 is 113 Å². The molecule has 60 heteroatoms. The largest absolute Gasteiger partial charge is 1.00 e. The Bertz CT molecular complexity index is 2410. The van der Waals surface area contributed by atoms with Gasteiger partial charge in [0.25, 0.3) is 0 Å². The van der Waals surface area contributed by atoms with Crippen molar-refractivity contribution in [2.75, 3.05) is 78.5 Å². The van der Waals surface area contributed by atoms with Crippen molar-refractivity contribution in [3.05, 3.63) is 45.9 Å². The van der Waals surface area contributed by atoms with Crippen LogP contribution in [-0.2, 0) is 273 Å². The van der Waals surface area contributed by atoms with Gasteiger partial charge in [-0.1, -0.05) is 101 Å². The van der Waals surface area contributed by atoms with E-state index in [0.29, 0.717) is 154 Å². The zero-order valence-electron chi connectivity index (χ0n) is 86.5. The molecule has 0 aromatic rings. The van der Waals surface area contributed by atoms with Crippen LogP contribution in [0, 0.1) is 0 Å². The zero-order valence-corrected chi connectivity index (χ0v) is 136. The summed E-state index contributed by atoms with van der Waals surface area (Å²) in [7, 11) is 0. The molecule has 123 heavy (non-hydrogen) atoms. The van der Waals surface area contributed by atoms with E-state index in [2.05, 4.69) is 47.9 Å². The van der Waals surface area contributed by atoms with Crippen LogP contribution in [0.3, 0.4) is 0 Å². The van der Waals surface area contributed by atoms with E-state index in [1.54, 1.807) is 0 Å². The number of hydrogen-bond donors (Lipinski definition) is 16. The maximum Gasteiger partial charge on any atom is 1.00 e. The minimum atomic E-state index is -1.24. The van der Waals surface area contributed by atoms with Gasteiger partial charge in [0.15, 0.2) is 0 Å². The molecule has 36 nitrogen and oxygen atoms in total. The number of rotatable bonds is 64. The molecule has 0 fully saturated rings. The van der Waals surface area contributed by atoms with Gasteiger partial charge >= 0.3 is 565 Å². The van der Waals surface area contributed by atoms with Crippen LogP contribution in [0.1, 0.15) is 210 Å². The van der Waals surface area contributed by atoms with Gasteiger partial charge in [0.1, 0.15) is 30.2 Å². The Balaban J connectivity index is -0.0000000301. The van der Waals surface area contributed by atoms with Crippen molar-refractivity contribution in [2.45, 2.75) is 247 Å². The number of carbonyl (C=O) groups is 12. The van der Waals surface area contributed by atoms with Crippen molar-refractivity contribution in [3.63, 3.8) is 0 Å². The first kappa shape index (κ1) is 200. The van der Waals surface area contributed by atoms with Crippen LogP contribution in [0.5, 0.6) is 0 Å². The molecule has 27 N–H and O–H groups in total. The summed E-state index contributed by atoms with van der Waals surface area (Å²) < 4.78 is 49.9.